The topological polar surface area (TPSA) is 21.3 Å². The molecule has 2 nitrogen and oxygen atoms in total. The van der Waals surface area contributed by atoms with E-state index < -0.39 is 0 Å². The van der Waals surface area contributed by atoms with E-state index in [2.05, 4.69) is 38.2 Å². The van der Waals surface area contributed by atoms with Gasteiger partial charge in [-0.3, -0.25) is 0 Å². The van der Waals surface area contributed by atoms with Gasteiger partial charge in [0.05, 0.1) is 18.6 Å². The number of hydrogen-bond acceptors (Lipinski definition) is 3. The SMILES string of the molecule is Cc1cc(C)c(SC2COCCN2)c(C)c1. The van der Waals surface area contributed by atoms with Crippen LogP contribution in [0.3, 0.4) is 0 Å². The van der Waals surface area contributed by atoms with Crippen LogP contribution in [0.1, 0.15) is 16.7 Å². The maximum Gasteiger partial charge on any atom is 0.0817 e. The van der Waals surface area contributed by atoms with Gasteiger partial charge in [-0.2, -0.15) is 0 Å². The molecule has 0 amide bonds. The Hall–Kier alpha value is -0.510. The van der Waals surface area contributed by atoms with Gasteiger partial charge in [-0.1, -0.05) is 17.7 Å². The molecule has 0 bridgehead atoms. The third kappa shape index (κ3) is 2.78. The minimum atomic E-state index is 0.397. The number of nitrogens with one attached hydrogen (secondary N) is 1. The standard InChI is InChI=1S/C13H19NOS/c1-9-6-10(2)13(11(3)7-9)16-12-8-15-5-4-14-12/h6-7,12,14H,4-5,8H2,1-3H3. The van der Waals surface area contributed by atoms with Gasteiger partial charge < -0.3 is 10.1 Å². The van der Waals surface area contributed by atoms with Gasteiger partial charge in [-0.05, 0) is 31.9 Å². The Morgan fingerprint density at radius 2 is 1.94 bits per heavy atom. The lowest BCUT2D eigenvalue weighted by Gasteiger charge is -2.24. The van der Waals surface area contributed by atoms with Gasteiger partial charge in [0, 0.05) is 11.4 Å². The lowest BCUT2D eigenvalue weighted by molar-refractivity contribution is 0.100. The molecule has 1 aromatic carbocycles. The summed E-state index contributed by atoms with van der Waals surface area (Å²) in [6, 6.07) is 4.50. The maximum atomic E-state index is 5.47. The lowest BCUT2D eigenvalue weighted by Crippen LogP contribution is -2.38. The molecule has 1 aromatic rings. The molecule has 1 saturated heterocycles. The number of benzene rings is 1. The number of thioether (sulfide) groups is 1. The van der Waals surface area contributed by atoms with Crippen LogP contribution in [-0.2, 0) is 4.74 Å². The molecule has 1 aliphatic heterocycles. The Morgan fingerprint density at radius 1 is 1.25 bits per heavy atom. The highest BCUT2D eigenvalue weighted by atomic mass is 32.2. The van der Waals surface area contributed by atoms with Crippen LogP contribution in [0.2, 0.25) is 0 Å². The summed E-state index contributed by atoms with van der Waals surface area (Å²) < 4.78 is 5.47. The van der Waals surface area contributed by atoms with Crippen LogP contribution in [0.5, 0.6) is 0 Å². The van der Waals surface area contributed by atoms with Gasteiger partial charge in [-0.15, -0.1) is 11.8 Å². The van der Waals surface area contributed by atoms with Crippen molar-refractivity contribution in [1.82, 2.24) is 5.32 Å². The Balaban J connectivity index is 2.14. The van der Waals surface area contributed by atoms with E-state index in [-0.39, 0.29) is 0 Å². The summed E-state index contributed by atoms with van der Waals surface area (Å²) >= 11 is 1.89. The van der Waals surface area contributed by atoms with E-state index in [1.165, 1.54) is 21.6 Å². The first kappa shape index (κ1) is 12.0. The molecule has 0 radical (unpaired) electrons. The molecule has 0 aromatic heterocycles. The minimum absolute atomic E-state index is 0.397. The molecule has 0 aliphatic carbocycles. The summed E-state index contributed by atoms with van der Waals surface area (Å²) in [5.41, 5.74) is 4.08. The fraction of sp³-hybridized carbons (Fsp3) is 0.538. The summed E-state index contributed by atoms with van der Waals surface area (Å²) in [5.74, 6) is 0. The molecular formula is C13H19NOS. The third-order valence-electron chi connectivity index (χ3n) is 2.75. The van der Waals surface area contributed by atoms with E-state index in [1.54, 1.807) is 0 Å². The summed E-state index contributed by atoms with van der Waals surface area (Å²) in [6.45, 7) is 9.12. The molecule has 0 saturated carbocycles. The van der Waals surface area contributed by atoms with E-state index in [0.717, 1.165) is 19.8 Å². The number of morpholine rings is 1. The van der Waals surface area contributed by atoms with Gasteiger partial charge in [-0.25, -0.2) is 0 Å². The molecule has 88 valence electrons. The second-order valence-corrected chi connectivity index (χ2v) is 5.58. The highest BCUT2D eigenvalue weighted by Crippen LogP contribution is 2.30. The van der Waals surface area contributed by atoms with Crippen molar-refractivity contribution in [3.05, 3.63) is 28.8 Å². The van der Waals surface area contributed by atoms with E-state index in [0.29, 0.717) is 5.37 Å². The average molecular weight is 237 g/mol. The zero-order valence-electron chi connectivity index (χ0n) is 10.2. The van der Waals surface area contributed by atoms with Crippen molar-refractivity contribution in [1.29, 1.82) is 0 Å². The van der Waals surface area contributed by atoms with Gasteiger partial charge in [0.25, 0.3) is 0 Å². The molecule has 1 heterocycles. The quantitative estimate of drug-likeness (QED) is 0.854. The number of rotatable bonds is 2. The van der Waals surface area contributed by atoms with Crippen LogP contribution < -0.4 is 5.32 Å². The zero-order valence-corrected chi connectivity index (χ0v) is 11.0. The van der Waals surface area contributed by atoms with Crippen molar-refractivity contribution in [2.75, 3.05) is 19.8 Å². The monoisotopic (exact) mass is 237 g/mol. The first-order valence-electron chi connectivity index (χ1n) is 5.72. The van der Waals surface area contributed by atoms with Crippen molar-refractivity contribution in [2.24, 2.45) is 0 Å². The van der Waals surface area contributed by atoms with E-state index in [1.807, 2.05) is 11.8 Å². The van der Waals surface area contributed by atoms with Crippen LogP contribution in [-0.4, -0.2) is 25.1 Å². The van der Waals surface area contributed by atoms with Crippen molar-refractivity contribution >= 4 is 11.8 Å². The summed E-state index contributed by atoms with van der Waals surface area (Å²) in [4.78, 5) is 1.40. The van der Waals surface area contributed by atoms with Gasteiger partial charge >= 0.3 is 0 Å². The summed E-state index contributed by atoms with van der Waals surface area (Å²) in [5, 5.41) is 3.87. The van der Waals surface area contributed by atoms with Crippen molar-refractivity contribution < 1.29 is 4.74 Å². The summed E-state index contributed by atoms with van der Waals surface area (Å²) in [7, 11) is 0. The fourth-order valence-electron chi connectivity index (χ4n) is 2.11. The van der Waals surface area contributed by atoms with Crippen molar-refractivity contribution in [3.63, 3.8) is 0 Å². The molecule has 1 fully saturated rings. The molecule has 1 aliphatic rings. The lowest BCUT2D eigenvalue weighted by atomic mass is 10.1. The van der Waals surface area contributed by atoms with Gasteiger partial charge in [0.15, 0.2) is 0 Å². The van der Waals surface area contributed by atoms with E-state index in [4.69, 9.17) is 4.74 Å². The number of aryl methyl sites for hydroxylation is 3. The van der Waals surface area contributed by atoms with Gasteiger partial charge in [0.2, 0.25) is 0 Å². The molecule has 1 N–H and O–H groups in total. The molecule has 0 spiro atoms. The van der Waals surface area contributed by atoms with Crippen LogP contribution >= 0.6 is 11.8 Å². The first-order chi connectivity index (χ1) is 7.66. The molecule has 3 heteroatoms. The Bertz CT molecular complexity index is 349. The Morgan fingerprint density at radius 3 is 2.50 bits per heavy atom. The number of hydrogen-bond donors (Lipinski definition) is 1. The molecule has 1 atom stereocenters. The van der Waals surface area contributed by atoms with Crippen LogP contribution in [0.4, 0.5) is 0 Å². The maximum absolute atomic E-state index is 5.47. The van der Waals surface area contributed by atoms with Crippen LogP contribution in [0.25, 0.3) is 0 Å². The minimum Gasteiger partial charge on any atom is -0.378 e. The zero-order chi connectivity index (χ0) is 11.5. The predicted molar refractivity (Wildman–Crippen MR) is 69.1 cm³/mol. The van der Waals surface area contributed by atoms with E-state index in [9.17, 15) is 0 Å². The first-order valence-corrected chi connectivity index (χ1v) is 6.60. The molecule has 16 heavy (non-hydrogen) atoms. The van der Waals surface area contributed by atoms with E-state index >= 15 is 0 Å². The molecular weight excluding hydrogens is 218 g/mol. The van der Waals surface area contributed by atoms with Crippen LogP contribution in [0, 0.1) is 20.8 Å². The normalized spacial score (nSPS) is 21.1. The molecule has 2 rings (SSSR count). The third-order valence-corrected chi connectivity index (χ3v) is 4.22. The fourth-order valence-corrected chi connectivity index (χ4v) is 3.25. The predicted octanol–water partition coefficient (Wildman–Crippen LogP) is 2.65. The molecule has 1 unspecified atom stereocenters. The highest BCUT2D eigenvalue weighted by Gasteiger charge is 2.16. The second-order valence-electron chi connectivity index (χ2n) is 4.36. The number of ether oxygens (including phenoxy) is 1. The highest BCUT2D eigenvalue weighted by molar-refractivity contribution is 8.00. The Labute approximate surface area is 102 Å². The summed E-state index contributed by atoms with van der Waals surface area (Å²) in [6.07, 6.45) is 0. The second kappa shape index (κ2) is 5.21. The largest absolute Gasteiger partial charge is 0.378 e. The smallest absolute Gasteiger partial charge is 0.0817 e. The van der Waals surface area contributed by atoms with Gasteiger partial charge in [0.1, 0.15) is 0 Å². The van der Waals surface area contributed by atoms with Crippen molar-refractivity contribution in [3.8, 4) is 0 Å². The van der Waals surface area contributed by atoms with Crippen LogP contribution in [0.15, 0.2) is 17.0 Å². The Kier molecular flexibility index (Phi) is 3.90. The van der Waals surface area contributed by atoms with Crippen molar-refractivity contribution in [2.45, 2.75) is 31.0 Å². The average Bonchev–Trinajstić information content (AvgIpc) is 2.25.